The summed E-state index contributed by atoms with van der Waals surface area (Å²) in [4.78, 5) is 16.7. The quantitative estimate of drug-likeness (QED) is 0.222. The van der Waals surface area contributed by atoms with Crippen molar-refractivity contribution in [3.8, 4) is 5.88 Å². The van der Waals surface area contributed by atoms with Crippen LogP contribution in [0.5, 0.6) is 5.88 Å². The molecule has 0 amide bonds. The third kappa shape index (κ3) is 5.81. The van der Waals surface area contributed by atoms with E-state index >= 15 is 0 Å². The molecule has 2 N–H and O–H groups in total. The zero-order valence-electron chi connectivity index (χ0n) is 25.3. The zero-order valence-corrected chi connectivity index (χ0v) is 26.1. The van der Waals surface area contributed by atoms with Gasteiger partial charge in [0.05, 0.1) is 37.4 Å². The van der Waals surface area contributed by atoms with Gasteiger partial charge in [0.1, 0.15) is 17.2 Å². The number of hydrogen-bond acceptors (Lipinski definition) is 8. The highest BCUT2D eigenvalue weighted by molar-refractivity contribution is 6.28. The fraction of sp³-hybridized carbons (Fsp3) is 0.343. The molecular weight excluding hydrogens is 591 g/mol. The van der Waals surface area contributed by atoms with E-state index in [0.717, 1.165) is 33.2 Å². The fourth-order valence-electron chi connectivity index (χ4n) is 6.22. The van der Waals surface area contributed by atoms with Gasteiger partial charge in [0.2, 0.25) is 5.88 Å². The van der Waals surface area contributed by atoms with Crippen molar-refractivity contribution in [2.24, 2.45) is 0 Å². The first kappa shape index (κ1) is 29.8. The summed E-state index contributed by atoms with van der Waals surface area (Å²) in [6.45, 7) is 5.70. The van der Waals surface area contributed by atoms with Crippen LogP contribution in [0.4, 0.5) is 10.2 Å². The Kier molecular flexibility index (Phi) is 8.27. The Morgan fingerprint density at radius 1 is 1.13 bits per heavy atom. The number of aryl methyl sites for hydroxylation is 1. The number of anilines is 1. The Labute approximate surface area is 267 Å². The highest BCUT2D eigenvalue weighted by atomic mass is 35.5. The van der Waals surface area contributed by atoms with Crippen molar-refractivity contribution >= 4 is 33.9 Å². The van der Waals surface area contributed by atoms with E-state index in [0.29, 0.717) is 68.3 Å². The number of halogens is 2. The topological polar surface area (TPSA) is 84.4 Å². The molecule has 0 bridgehead atoms. The zero-order chi connectivity index (χ0) is 31.0. The minimum absolute atomic E-state index is 0.328. The molecule has 0 radical (unpaired) electrons. The Bertz CT molecular complexity index is 1770. The van der Waals surface area contributed by atoms with E-state index in [9.17, 15) is 4.39 Å². The molecule has 4 aromatic rings. The number of nitrogens with one attached hydrogen (secondary N) is 2. The second kappa shape index (κ2) is 12.5. The van der Waals surface area contributed by atoms with E-state index in [2.05, 4.69) is 46.7 Å². The summed E-state index contributed by atoms with van der Waals surface area (Å²) in [6.07, 6.45) is 9.01. The van der Waals surface area contributed by atoms with Gasteiger partial charge in [-0.15, -0.1) is 11.6 Å². The number of fused-ring (bicyclic) bond motifs is 1. The van der Waals surface area contributed by atoms with E-state index in [1.165, 1.54) is 0 Å². The van der Waals surface area contributed by atoms with Crippen LogP contribution in [-0.4, -0.2) is 70.9 Å². The number of allylic oxidation sites excluding steroid dienone is 2. The van der Waals surface area contributed by atoms with E-state index in [1.807, 2.05) is 48.7 Å². The van der Waals surface area contributed by atoms with Crippen molar-refractivity contribution in [1.82, 2.24) is 25.2 Å². The molecule has 2 saturated heterocycles. The maximum absolute atomic E-state index is 13.4. The molecular formula is C35H36ClFN6O2. The minimum Gasteiger partial charge on any atom is -0.481 e. The summed E-state index contributed by atoms with van der Waals surface area (Å²) in [5.41, 5.74) is 5.56. The van der Waals surface area contributed by atoms with Crippen molar-refractivity contribution in [2.75, 3.05) is 38.7 Å². The minimum atomic E-state index is -0.996. The average Bonchev–Trinajstić information content (AvgIpc) is 3.01. The summed E-state index contributed by atoms with van der Waals surface area (Å²) >= 11 is 7.56. The lowest BCUT2D eigenvalue weighted by molar-refractivity contribution is -0.00586. The first-order valence-electron chi connectivity index (χ1n) is 15.3. The number of rotatable bonds is 10. The molecule has 10 heteroatoms. The number of methoxy groups -OCH3 is 1. The van der Waals surface area contributed by atoms with Crippen molar-refractivity contribution in [1.29, 1.82) is 0 Å². The van der Waals surface area contributed by atoms with Crippen molar-refractivity contribution < 1.29 is 13.9 Å². The monoisotopic (exact) mass is 626 g/mol. The van der Waals surface area contributed by atoms with Crippen molar-refractivity contribution in [3.05, 3.63) is 107 Å². The summed E-state index contributed by atoms with van der Waals surface area (Å²) in [7, 11) is 1.64. The SMILES string of the molecule is COc1nc(C2(Nc3nccc4cc(CN5CC(F)C5)cnc34)C=CC=C(c3ccccc3C)C2Cl)ccc1CNC1COC1. The van der Waals surface area contributed by atoms with Crippen LogP contribution in [0.15, 0.2) is 79.2 Å². The Balaban J connectivity index is 1.28. The molecule has 2 aliphatic heterocycles. The number of likely N-dealkylation sites (tertiary alicyclic amines) is 1. The number of benzene rings is 1. The molecule has 0 saturated carbocycles. The second-order valence-electron chi connectivity index (χ2n) is 12.0. The maximum atomic E-state index is 13.4. The fourth-order valence-corrected chi connectivity index (χ4v) is 6.65. The molecule has 2 fully saturated rings. The van der Waals surface area contributed by atoms with Gasteiger partial charge in [0, 0.05) is 49.5 Å². The lowest BCUT2D eigenvalue weighted by atomic mass is 9.79. The van der Waals surface area contributed by atoms with Gasteiger partial charge < -0.3 is 20.1 Å². The highest BCUT2D eigenvalue weighted by Gasteiger charge is 2.44. The normalized spacial score (nSPS) is 22.1. The van der Waals surface area contributed by atoms with E-state index in [1.54, 1.807) is 13.3 Å². The molecule has 1 aromatic carbocycles. The van der Waals surface area contributed by atoms with Crippen molar-refractivity contribution in [3.63, 3.8) is 0 Å². The Morgan fingerprint density at radius 2 is 1.98 bits per heavy atom. The van der Waals surface area contributed by atoms with E-state index < -0.39 is 17.1 Å². The largest absolute Gasteiger partial charge is 0.481 e. The molecule has 0 spiro atoms. The van der Waals surface area contributed by atoms with Crippen LogP contribution >= 0.6 is 11.6 Å². The van der Waals surface area contributed by atoms with Gasteiger partial charge in [0.25, 0.3) is 0 Å². The standard InChI is InChI=1S/C35H36ClFN6O2/c1-22-6-3-4-7-28(22)29-8-5-12-35(32(29)36,30-10-9-25(34(41-30)44-2)16-39-27-20-45-21-27)42-33-31-24(11-13-38-33)14-23(15-40-31)17-43-18-26(37)19-43/h3-15,26-27,32,39H,16-21H2,1-2H3,(H,38,42). The molecule has 8 nitrogen and oxygen atoms in total. The number of pyridine rings is 3. The number of alkyl halides is 2. The van der Waals surface area contributed by atoms with Crippen LogP contribution in [-0.2, 0) is 23.4 Å². The summed E-state index contributed by atoms with van der Waals surface area (Å²) in [5.74, 6) is 1.12. The molecule has 232 valence electrons. The van der Waals surface area contributed by atoms with Crippen LogP contribution < -0.4 is 15.4 Å². The van der Waals surface area contributed by atoms with Gasteiger partial charge in [0.15, 0.2) is 5.82 Å². The molecule has 7 rings (SSSR count). The Morgan fingerprint density at radius 3 is 2.73 bits per heavy atom. The summed E-state index contributed by atoms with van der Waals surface area (Å²) in [5, 5.41) is 7.58. The number of ether oxygens (including phenoxy) is 2. The van der Waals surface area contributed by atoms with E-state index in [4.69, 9.17) is 36.0 Å². The van der Waals surface area contributed by atoms with Gasteiger partial charge in [-0.3, -0.25) is 9.88 Å². The molecule has 3 aromatic heterocycles. The first-order chi connectivity index (χ1) is 21.9. The van der Waals surface area contributed by atoms with Crippen molar-refractivity contribution in [2.45, 2.75) is 43.1 Å². The third-order valence-corrected chi connectivity index (χ3v) is 9.42. The number of nitrogens with zero attached hydrogens (tertiary/aromatic N) is 4. The molecule has 5 heterocycles. The molecule has 1 aliphatic carbocycles. The van der Waals surface area contributed by atoms with Gasteiger partial charge in [-0.2, -0.15) is 0 Å². The van der Waals surface area contributed by atoms with E-state index in [-0.39, 0.29) is 0 Å². The molecule has 2 unspecified atom stereocenters. The number of hydrogen-bond donors (Lipinski definition) is 2. The smallest absolute Gasteiger partial charge is 0.217 e. The van der Waals surface area contributed by atoms with Crippen LogP contribution in [0, 0.1) is 6.92 Å². The average molecular weight is 627 g/mol. The van der Waals surface area contributed by atoms with Gasteiger partial charge in [-0.25, -0.2) is 14.4 Å². The van der Waals surface area contributed by atoms with Crippen LogP contribution in [0.25, 0.3) is 16.5 Å². The van der Waals surface area contributed by atoms with Gasteiger partial charge >= 0.3 is 0 Å². The molecule has 3 aliphatic rings. The Hall–Kier alpha value is -3.89. The van der Waals surface area contributed by atoms with Crippen LogP contribution in [0.2, 0.25) is 0 Å². The second-order valence-corrected chi connectivity index (χ2v) is 12.4. The maximum Gasteiger partial charge on any atom is 0.217 e. The summed E-state index contributed by atoms with van der Waals surface area (Å²) < 4.78 is 24.5. The number of aromatic nitrogens is 3. The predicted molar refractivity (Wildman–Crippen MR) is 175 cm³/mol. The lowest BCUT2D eigenvalue weighted by Crippen LogP contribution is -2.47. The third-order valence-electron chi connectivity index (χ3n) is 8.84. The van der Waals surface area contributed by atoms with Gasteiger partial charge in [-0.05, 0) is 47.4 Å². The highest BCUT2D eigenvalue weighted by Crippen LogP contribution is 2.44. The molecule has 45 heavy (non-hydrogen) atoms. The van der Waals surface area contributed by atoms with Gasteiger partial charge in [-0.1, -0.05) is 48.6 Å². The predicted octanol–water partition coefficient (Wildman–Crippen LogP) is 5.55. The van der Waals surface area contributed by atoms with Crippen LogP contribution in [0.3, 0.4) is 0 Å². The summed E-state index contributed by atoms with van der Waals surface area (Å²) in [6, 6.07) is 16.7. The lowest BCUT2D eigenvalue weighted by Gasteiger charge is -2.40. The molecule has 2 atom stereocenters. The first-order valence-corrected chi connectivity index (χ1v) is 15.7. The van der Waals surface area contributed by atoms with Crippen LogP contribution in [0.1, 0.15) is 27.9 Å².